The molecule has 0 amide bonds. The van der Waals surface area contributed by atoms with Gasteiger partial charge in [-0.25, -0.2) is 4.98 Å². The SMILES string of the molecule is COc1cc2nc(N3CC(C(=O)O)C3)sc2cc1OC. The topological polar surface area (TPSA) is 71.9 Å². The summed E-state index contributed by atoms with van der Waals surface area (Å²) in [5.41, 5.74) is 0.835. The van der Waals surface area contributed by atoms with Crippen LogP contribution in [0.1, 0.15) is 0 Å². The van der Waals surface area contributed by atoms with Gasteiger partial charge in [0.2, 0.25) is 0 Å². The van der Waals surface area contributed by atoms with Gasteiger partial charge in [-0.05, 0) is 0 Å². The quantitative estimate of drug-likeness (QED) is 0.927. The fourth-order valence-electron chi connectivity index (χ4n) is 2.17. The maximum atomic E-state index is 10.8. The van der Waals surface area contributed by atoms with E-state index in [1.807, 2.05) is 17.0 Å². The predicted octanol–water partition coefficient (Wildman–Crippen LogP) is 1.83. The van der Waals surface area contributed by atoms with Gasteiger partial charge in [-0.15, -0.1) is 0 Å². The Morgan fingerprint density at radius 1 is 1.35 bits per heavy atom. The number of benzene rings is 1. The number of carbonyl (C=O) groups is 1. The average Bonchev–Trinajstić information content (AvgIpc) is 2.76. The van der Waals surface area contributed by atoms with E-state index in [0.29, 0.717) is 24.6 Å². The van der Waals surface area contributed by atoms with Crippen molar-refractivity contribution in [1.29, 1.82) is 0 Å². The van der Waals surface area contributed by atoms with Crippen LogP contribution in [0.25, 0.3) is 10.2 Å². The van der Waals surface area contributed by atoms with Crippen molar-refractivity contribution in [2.24, 2.45) is 5.92 Å². The third-order valence-corrected chi connectivity index (χ3v) is 4.46. The minimum Gasteiger partial charge on any atom is -0.493 e. The van der Waals surface area contributed by atoms with E-state index in [-0.39, 0.29) is 5.92 Å². The number of rotatable bonds is 4. The lowest BCUT2D eigenvalue weighted by atomic mass is 10.0. The molecule has 0 radical (unpaired) electrons. The molecule has 0 unspecified atom stereocenters. The molecule has 1 aliphatic rings. The standard InChI is InChI=1S/C13H14N2O4S/c1-18-9-3-8-11(4-10(9)19-2)20-13(14-8)15-5-7(6-15)12(16)17/h3-4,7H,5-6H2,1-2H3,(H,16,17). The highest BCUT2D eigenvalue weighted by molar-refractivity contribution is 7.22. The summed E-state index contributed by atoms with van der Waals surface area (Å²) in [6.45, 7) is 1.03. The van der Waals surface area contributed by atoms with Crippen LogP contribution in [0.15, 0.2) is 12.1 Å². The third-order valence-electron chi connectivity index (χ3n) is 3.38. The van der Waals surface area contributed by atoms with Gasteiger partial charge >= 0.3 is 5.97 Å². The first-order valence-corrected chi connectivity index (χ1v) is 6.94. The van der Waals surface area contributed by atoms with Crippen molar-refractivity contribution >= 4 is 32.7 Å². The molecular weight excluding hydrogens is 280 g/mol. The highest BCUT2D eigenvalue weighted by Gasteiger charge is 2.34. The minimum absolute atomic E-state index is 0.286. The van der Waals surface area contributed by atoms with Gasteiger partial charge in [0.15, 0.2) is 16.6 Å². The smallest absolute Gasteiger partial charge is 0.310 e. The number of aromatic nitrogens is 1. The minimum atomic E-state index is -0.745. The Balaban J connectivity index is 1.90. The molecule has 0 atom stereocenters. The van der Waals surface area contributed by atoms with Crippen LogP contribution in [-0.2, 0) is 4.79 Å². The number of ether oxygens (including phenoxy) is 2. The van der Waals surface area contributed by atoms with Crippen LogP contribution in [0.4, 0.5) is 5.13 Å². The van der Waals surface area contributed by atoms with Crippen molar-refractivity contribution in [3.05, 3.63) is 12.1 Å². The van der Waals surface area contributed by atoms with Gasteiger partial charge in [0.05, 0.1) is 30.4 Å². The summed E-state index contributed by atoms with van der Waals surface area (Å²) in [5, 5.41) is 9.74. The molecule has 1 aromatic heterocycles. The number of fused-ring (bicyclic) bond motifs is 1. The normalized spacial score (nSPS) is 15.2. The number of hydrogen-bond acceptors (Lipinski definition) is 6. The third kappa shape index (κ3) is 2.03. The van der Waals surface area contributed by atoms with E-state index >= 15 is 0 Å². The Morgan fingerprint density at radius 3 is 2.60 bits per heavy atom. The molecule has 2 heterocycles. The van der Waals surface area contributed by atoms with E-state index in [4.69, 9.17) is 14.6 Å². The summed E-state index contributed by atoms with van der Waals surface area (Å²) >= 11 is 1.53. The van der Waals surface area contributed by atoms with Crippen molar-refractivity contribution in [2.45, 2.75) is 0 Å². The van der Waals surface area contributed by atoms with E-state index in [0.717, 1.165) is 15.3 Å². The summed E-state index contributed by atoms with van der Waals surface area (Å²) in [4.78, 5) is 17.3. The van der Waals surface area contributed by atoms with Crippen molar-refractivity contribution in [3.63, 3.8) is 0 Å². The van der Waals surface area contributed by atoms with E-state index in [2.05, 4.69) is 4.98 Å². The summed E-state index contributed by atoms with van der Waals surface area (Å²) in [5.74, 6) is 0.280. The second-order valence-electron chi connectivity index (χ2n) is 4.61. The zero-order chi connectivity index (χ0) is 14.3. The molecule has 0 saturated carbocycles. The summed E-state index contributed by atoms with van der Waals surface area (Å²) < 4.78 is 11.5. The highest BCUT2D eigenvalue weighted by Crippen LogP contribution is 2.38. The summed E-state index contributed by atoms with van der Waals surface area (Å²) in [7, 11) is 3.18. The van der Waals surface area contributed by atoms with E-state index in [1.54, 1.807) is 14.2 Å². The summed E-state index contributed by atoms with van der Waals surface area (Å²) in [6.07, 6.45) is 0. The number of aliphatic carboxylic acids is 1. The van der Waals surface area contributed by atoms with Crippen LogP contribution < -0.4 is 14.4 Å². The second kappa shape index (κ2) is 4.82. The molecule has 3 rings (SSSR count). The van der Waals surface area contributed by atoms with E-state index in [9.17, 15) is 4.79 Å². The van der Waals surface area contributed by atoms with Gasteiger partial charge in [-0.1, -0.05) is 11.3 Å². The number of nitrogens with zero attached hydrogens (tertiary/aromatic N) is 2. The number of carboxylic acids is 1. The number of methoxy groups -OCH3 is 2. The van der Waals surface area contributed by atoms with Crippen LogP contribution >= 0.6 is 11.3 Å². The molecule has 1 saturated heterocycles. The first-order chi connectivity index (χ1) is 9.62. The molecule has 106 valence electrons. The molecule has 20 heavy (non-hydrogen) atoms. The van der Waals surface area contributed by atoms with Gasteiger partial charge in [-0.3, -0.25) is 4.79 Å². The first kappa shape index (κ1) is 13.0. The maximum absolute atomic E-state index is 10.8. The van der Waals surface area contributed by atoms with Gasteiger partial charge in [-0.2, -0.15) is 0 Å². The first-order valence-electron chi connectivity index (χ1n) is 6.12. The van der Waals surface area contributed by atoms with Crippen LogP contribution in [0.2, 0.25) is 0 Å². The Hall–Kier alpha value is -2.02. The fourth-order valence-corrected chi connectivity index (χ4v) is 3.16. The molecule has 0 bridgehead atoms. The zero-order valence-electron chi connectivity index (χ0n) is 11.1. The van der Waals surface area contributed by atoms with Gasteiger partial charge < -0.3 is 19.5 Å². The Bertz CT molecular complexity index is 623. The molecule has 7 heteroatoms. The van der Waals surface area contributed by atoms with Crippen LogP contribution in [0, 0.1) is 5.92 Å². The van der Waals surface area contributed by atoms with Crippen molar-refractivity contribution in [2.75, 3.05) is 32.2 Å². The van der Waals surface area contributed by atoms with Crippen LogP contribution in [-0.4, -0.2) is 43.4 Å². The van der Waals surface area contributed by atoms with Crippen LogP contribution in [0.3, 0.4) is 0 Å². The number of hydrogen-bond donors (Lipinski definition) is 1. The Morgan fingerprint density at radius 2 is 2.00 bits per heavy atom. The molecule has 1 aromatic carbocycles. The lowest BCUT2D eigenvalue weighted by Crippen LogP contribution is -2.50. The molecule has 1 aliphatic heterocycles. The molecule has 0 spiro atoms. The Labute approximate surface area is 119 Å². The maximum Gasteiger partial charge on any atom is 0.310 e. The average molecular weight is 294 g/mol. The number of anilines is 1. The lowest BCUT2D eigenvalue weighted by molar-refractivity contribution is -0.142. The molecule has 0 aliphatic carbocycles. The van der Waals surface area contributed by atoms with Crippen molar-refractivity contribution in [1.82, 2.24) is 4.98 Å². The molecule has 1 N–H and O–H groups in total. The van der Waals surface area contributed by atoms with Gasteiger partial charge in [0.25, 0.3) is 0 Å². The van der Waals surface area contributed by atoms with E-state index < -0.39 is 5.97 Å². The van der Waals surface area contributed by atoms with Gasteiger partial charge in [0, 0.05) is 25.2 Å². The summed E-state index contributed by atoms with van der Waals surface area (Å²) in [6, 6.07) is 3.73. The van der Waals surface area contributed by atoms with Crippen LogP contribution in [0.5, 0.6) is 11.5 Å². The predicted molar refractivity (Wildman–Crippen MR) is 76.1 cm³/mol. The zero-order valence-corrected chi connectivity index (χ0v) is 11.9. The largest absolute Gasteiger partial charge is 0.493 e. The molecule has 1 fully saturated rings. The Kier molecular flexibility index (Phi) is 3.13. The monoisotopic (exact) mass is 294 g/mol. The van der Waals surface area contributed by atoms with Crippen molar-refractivity contribution < 1.29 is 19.4 Å². The molecule has 2 aromatic rings. The van der Waals surface area contributed by atoms with E-state index in [1.165, 1.54) is 11.3 Å². The molecular formula is C13H14N2O4S. The second-order valence-corrected chi connectivity index (χ2v) is 5.62. The number of thiazole rings is 1. The lowest BCUT2D eigenvalue weighted by Gasteiger charge is -2.36. The fraction of sp³-hybridized carbons (Fsp3) is 0.385. The highest BCUT2D eigenvalue weighted by atomic mass is 32.1. The van der Waals surface area contributed by atoms with Crippen molar-refractivity contribution in [3.8, 4) is 11.5 Å². The van der Waals surface area contributed by atoms with Gasteiger partial charge in [0.1, 0.15) is 0 Å². The molecule has 6 nitrogen and oxygen atoms in total. The number of carboxylic acid groups (broad SMARTS) is 1.